The van der Waals surface area contributed by atoms with Crippen molar-refractivity contribution in [2.24, 2.45) is 5.73 Å². The second-order valence-corrected chi connectivity index (χ2v) is 4.61. The fourth-order valence-corrected chi connectivity index (χ4v) is 1.51. The lowest BCUT2D eigenvalue weighted by Gasteiger charge is -2.13. The van der Waals surface area contributed by atoms with Crippen LogP contribution in [0.15, 0.2) is 16.9 Å². The summed E-state index contributed by atoms with van der Waals surface area (Å²) in [5.74, 6) is -4.01. The molecule has 0 saturated carbocycles. The van der Waals surface area contributed by atoms with E-state index in [0.29, 0.717) is 4.47 Å². The quantitative estimate of drug-likeness (QED) is 0.821. The summed E-state index contributed by atoms with van der Waals surface area (Å²) >= 11 is 3.18. The number of hydrogen-bond acceptors (Lipinski definition) is 5. The number of alkyl halides is 2. The number of aromatic nitrogens is 4. The van der Waals surface area contributed by atoms with Crippen LogP contribution in [0.1, 0.15) is 10.6 Å². The molecule has 2 rings (SSSR count). The Morgan fingerprint density at radius 1 is 1.55 bits per heavy atom. The van der Waals surface area contributed by atoms with E-state index in [1.807, 2.05) is 5.32 Å². The summed E-state index contributed by atoms with van der Waals surface area (Å²) < 4.78 is 27.7. The Morgan fingerprint density at radius 2 is 2.25 bits per heavy atom. The molecular formula is C9H10BrClF2N6O. The molecule has 0 unspecified atom stereocenters. The minimum atomic E-state index is -3.16. The molecule has 3 N–H and O–H groups in total. The van der Waals surface area contributed by atoms with Gasteiger partial charge in [0.2, 0.25) is 5.82 Å². The standard InChI is InChI=1S/C9H9BrF2N6O.ClH/c10-5-1-14-8-16-6(17-18(8)2-5)7(19)15-4-9(11,12)3-13;/h1-2H,3-4,13H2,(H,15,19);1H. The molecule has 2 aromatic rings. The molecule has 0 aromatic carbocycles. The molecule has 2 aromatic heterocycles. The maximum absolute atomic E-state index is 12.9. The summed E-state index contributed by atoms with van der Waals surface area (Å²) in [6.07, 6.45) is 3.02. The van der Waals surface area contributed by atoms with Gasteiger partial charge in [0.1, 0.15) is 0 Å². The fraction of sp³-hybridized carbons (Fsp3) is 0.333. The average Bonchev–Trinajstić information content (AvgIpc) is 2.79. The Kier molecular flexibility index (Phi) is 5.31. The SMILES string of the molecule is Cl.NCC(F)(F)CNC(=O)c1nc2ncc(Br)cn2n1. The largest absolute Gasteiger partial charge is 0.343 e. The number of nitrogens with zero attached hydrogens (tertiary/aromatic N) is 4. The maximum atomic E-state index is 12.9. The third kappa shape index (κ3) is 3.81. The van der Waals surface area contributed by atoms with E-state index in [-0.39, 0.29) is 24.0 Å². The lowest BCUT2D eigenvalue weighted by Crippen LogP contribution is -2.41. The van der Waals surface area contributed by atoms with Crippen molar-refractivity contribution in [1.29, 1.82) is 0 Å². The highest BCUT2D eigenvalue weighted by atomic mass is 79.9. The van der Waals surface area contributed by atoms with Gasteiger partial charge in [-0.1, -0.05) is 0 Å². The molecule has 0 spiro atoms. The number of nitrogens with one attached hydrogen (secondary N) is 1. The van der Waals surface area contributed by atoms with E-state index in [9.17, 15) is 13.6 Å². The van der Waals surface area contributed by atoms with E-state index >= 15 is 0 Å². The molecule has 0 atom stereocenters. The Hall–Kier alpha value is -1.39. The van der Waals surface area contributed by atoms with Crippen LogP contribution in [0.5, 0.6) is 0 Å². The molecular weight excluding hydrogens is 361 g/mol. The van der Waals surface area contributed by atoms with Crippen molar-refractivity contribution in [3.63, 3.8) is 0 Å². The van der Waals surface area contributed by atoms with Gasteiger partial charge in [0, 0.05) is 12.4 Å². The van der Waals surface area contributed by atoms with Crippen molar-refractivity contribution >= 4 is 40.0 Å². The number of rotatable bonds is 4. The summed E-state index contributed by atoms with van der Waals surface area (Å²) in [5, 5.41) is 5.84. The van der Waals surface area contributed by atoms with Gasteiger partial charge in [0.05, 0.1) is 17.6 Å². The number of halogens is 4. The fourth-order valence-electron chi connectivity index (χ4n) is 1.22. The van der Waals surface area contributed by atoms with Crippen LogP contribution in [0.25, 0.3) is 5.78 Å². The van der Waals surface area contributed by atoms with Crippen molar-refractivity contribution in [3.05, 3.63) is 22.7 Å². The van der Waals surface area contributed by atoms with Crippen LogP contribution in [0.4, 0.5) is 8.78 Å². The molecule has 0 saturated heterocycles. The monoisotopic (exact) mass is 370 g/mol. The van der Waals surface area contributed by atoms with Gasteiger partial charge in [-0.25, -0.2) is 18.3 Å². The van der Waals surface area contributed by atoms with E-state index in [0.717, 1.165) is 0 Å². The van der Waals surface area contributed by atoms with Gasteiger partial charge in [-0.15, -0.1) is 17.5 Å². The lowest BCUT2D eigenvalue weighted by molar-refractivity contribution is 0.0117. The normalized spacial score (nSPS) is 11.2. The average molecular weight is 372 g/mol. The van der Waals surface area contributed by atoms with E-state index in [1.54, 1.807) is 6.20 Å². The minimum absolute atomic E-state index is 0. The summed E-state index contributed by atoms with van der Waals surface area (Å²) in [7, 11) is 0. The zero-order valence-electron chi connectivity index (χ0n) is 9.89. The molecule has 20 heavy (non-hydrogen) atoms. The zero-order valence-corrected chi connectivity index (χ0v) is 12.3. The molecule has 0 aliphatic heterocycles. The van der Waals surface area contributed by atoms with Crippen LogP contribution >= 0.6 is 28.3 Å². The van der Waals surface area contributed by atoms with Crippen LogP contribution in [0.3, 0.4) is 0 Å². The Bertz CT molecular complexity index is 622. The summed E-state index contributed by atoms with van der Waals surface area (Å²) in [6.45, 7) is -1.71. The maximum Gasteiger partial charge on any atom is 0.291 e. The third-order valence-corrected chi connectivity index (χ3v) is 2.58. The number of hydrogen-bond donors (Lipinski definition) is 2. The highest BCUT2D eigenvalue weighted by Gasteiger charge is 2.28. The minimum Gasteiger partial charge on any atom is -0.343 e. The summed E-state index contributed by atoms with van der Waals surface area (Å²) in [6, 6.07) is 0. The lowest BCUT2D eigenvalue weighted by atomic mass is 10.3. The predicted molar refractivity (Wildman–Crippen MR) is 72.1 cm³/mol. The first-order valence-corrected chi connectivity index (χ1v) is 5.94. The number of fused-ring (bicyclic) bond motifs is 1. The Labute approximate surface area is 126 Å². The predicted octanol–water partition coefficient (Wildman–Crippen LogP) is 0.632. The first-order chi connectivity index (χ1) is 8.91. The number of carbonyl (C=O) groups excluding carboxylic acids is 1. The summed E-state index contributed by atoms with van der Waals surface area (Å²) in [5.41, 5.74) is 4.86. The number of nitrogens with two attached hydrogens (primary N) is 1. The zero-order chi connectivity index (χ0) is 14.0. The van der Waals surface area contributed by atoms with Gasteiger partial charge in [0.15, 0.2) is 0 Å². The first-order valence-electron chi connectivity index (χ1n) is 5.15. The second kappa shape index (κ2) is 6.37. The third-order valence-electron chi connectivity index (χ3n) is 2.17. The molecule has 0 bridgehead atoms. The second-order valence-electron chi connectivity index (χ2n) is 3.69. The molecule has 0 radical (unpaired) electrons. The Morgan fingerprint density at radius 3 is 2.90 bits per heavy atom. The van der Waals surface area contributed by atoms with Crippen molar-refractivity contribution in [3.8, 4) is 0 Å². The molecule has 2 heterocycles. The molecule has 0 fully saturated rings. The number of carbonyl (C=O) groups is 1. The van der Waals surface area contributed by atoms with Gasteiger partial charge in [-0.05, 0) is 15.9 Å². The first kappa shape index (κ1) is 16.7. The van der Waals surface area contributed by atoms with Gasteiger partial charge >= 0.3 is 0 Å². The smallest absolute Gasteiger partial charge is 0.291 e. The molecule has 0 aliphatic carbocycles. The van der Waals surface area contributed by atoms with Gasteiger partial charge < -0.3 is 11.1 Å². The van der Waals surface area contributed by atoms with E-state index < -0.39 is 24.9 Å². The van der Waals surface area contributed by atoms with Crippen molar-refractivity contribution in [2.45, 2.75) is 5.92 Å². The van der Waals surface area contributed by atoms with E-state index in [2.05, 4.69) is 31.0 Å². The van der Waals surface area contributed by atoms with Crippen LogP contribution in [0.2, 0.25) is 0 Å². The summed E-state index contributed by atoms with van der Waals surface area (Å²) in [4.78, 5) is 19.3. The van der Waals surface area contributed by atoms with Gasteiger partial charge in [-0.3, -0.25) is 4.79 Å². The van der Waals surface area contributed by atoms with Crippen molar-refractivity contribution in [2.75, 3.05) is 13.1 Å². The van der Waals surface area contributed by atoms with Crippen LogP contribution in [-0.4, -0.2) is 44.5 Å². The molecule has 11 heteroatoms. The highest BCUT2D eigenvalue weighted by molar-refractivity contribution is 9.10. The number of amides is 1. The molecule has 7 nitrogen and oxygen atoms in total. The Balaban J connectivity index is 0.00000200. The van der Waals surface area contributed by atoms with Crippen LogP contribution < -0.4 is 11.1 Å². The highest BCUT2D eigenvalue weighted by Crippen LogP contribution is 2.10. The van der Waals surface area contributed by atoms with Gasteiger partial charge in [-0.2, -0.15) is 4.98 Å². The molecule has 1 amide bonds. The van der Waals surface area contributed by atoms with Gasteiger partial charge in [0.25, 0.3) is 17.6 Å². The topological polar surface area (TPSA) is 98.2 Å². The van der Waals surface area contributed by atoms with Crippen molar-refractivity contribution in [1.82, 2.24) is 24.9 Å². The van der Waals surface area contributed by atoms with Crippen molar-refractivity contribution < 1.29 is 13.6 Å². The van der Waals surface area contributed by atoms with E-state index in [1.165, 1.54) is 10.7 Å². The van der Waals surface area contributed by atoms with Crippen LogP contribution in [-0.2, 0) is 0 Å². The molecule has 0 aliphatic rings. The van der Waals surface area contributed by atoms with Crippen LogP contribution in [0, 0.1) is 0 Å². The molecule has 110 valence electrons. The van der Waals surface area contributed by atoms with E-state index in [4.69, 9.17) is 5.73 Å².